The largest absolute Gasteiger partial charge is 0.493 e. The first kappa shape index (κ1) is 15.2. The van der Waals surface area contributed by atoms with E-state index in [1.807, 2.05) is 25.1 Å². The molecule has 0 saturated heterocycles. The lowest BCUT2D eigenvalue weighted by Gasteiger charge is -2.12. The molecule has 0 bridgehead atoms. The lowest BCUT2D eigenvalue weighted by atomic mass is 10.2. The van der Waals surface area contributed by atoms with Crippen molar-refractivity contribution in [2.24, 2.45) is 10.9 Å². The number of aryl methyl sites for hydroxylation is 1. The van der Waals surface area contributed by atoms with Crippen molar-refractivity contribution < 1.29 is 14.7 Å². The molecule has 0 unspecified atom stereocenters. The number of benzene rings is 2. The summed E-state index contributed by atoms with van der Waals surface area (Å²) in [6.07, 6.45) is 0. The van der Waals surface area contributed by atoms with Crippen molar-refractivity contribution in [2.75, 3.05) is 7.11 Å². The third-order valence-corrected chi connectivity index (χ3v) is 3.53. The van der Waals surface area contributed by atoms with Crippen LogP contribution in [0.25, 0.3) is 0 Å². The van der Waals surface area contributed by atoms with Gasteiger partial charge in [0.05, 0.1) is 7.11 Å². The van der Waals surface area contributed by atoms with Crippen molar-refractivity contribution in [2.45, 2.75) is 6.92 Å². The highest BCUT2D eigenvalue weighted by atomic mass is 79.9. The zero-order valence-corrected chi connectivity index (χ0v) is 13.2. The highest BCUT2D eigenvalue weighted by Crippen LogP contribution is 2.33. The number of halogens is 1. The third-order valence-electron chi connectivity index (χ3n) is 2.87. The zero-order chi connectivity index (χ0) is 15.4. The van der Waals surface area contributed by atoms with E-state index in [0.717, 1.165) is 5.56 Å². The van der Waals surface area contributed by atoms with Crippen LogP contribution in [-0.4, -0.2) is 18.2 Å². The van der Waals surface area contributed by atoms with E-state index in [2.05, 4.69) is 21.1 Å². The van der Waals surface area contributed by atoms with Crippen molar-refractivity contribution in [3.63, 3.8) is 0 Å². The predicted molar refractivity (Wildman–Crippen MR) is 84.5 cm³/mol. The highest BCUT2D eigenvalue weighted by Gasteiger charge is 2.09. The molecule has 2 rings (SSSR count). The van der Waals surface area contributed by atoms with Gasteiger partial charge in [0.25, 0.3) is 0 Å². The van der Waals surface area contributed by atoms with Gasteiger partial charge in [-0.05, 0) is 58.7 Å². The average molecular weight is 351 g/mol. The third kappa shape index (κ3) is 3.46. The van der Waals surface area contributed by atoms with E-state index >= 15 is 0 Å². The number of rotatable bonds is 4. The molecule has 5 nitrogen and oxygen atoms in total. The van der Waals surface area contributed by atoms with Gasteiger partial charge < -0.3 is 20.4 Å². The second kappa shape index (κ2) is 6.49. The average Bonchev–Trinajstić information content (AvgIpc) is 2.48. The van der Waals surface area contributed by atoms with Gasteiger partial charge in [0.15, 0.2) is 17.3 Å². The first-order chi connectivity index (χ1) is 10.0. The van der Waals surface area contributed by atoms with Crippen molar-refractivity contribution in [1.82, 2.24) is 0 Å². The number of ether oxygens (including phenoxy) is 2. The van der Waals surface area contributed by atoms with E-state index in [1.165, 1.54) is 0 Å². The molecule has 2 aromatic carbocycles. The van der Waals surface area contributed by atoms with Crippen LogP contribution >= 0.6 is 15.9 Å². The number of methoxy groups -OCH3 is 1. The molecule has 0 radical (unpaired) electrons. The molecular weight excluding hydrogens is 336 g/mol. The van der Waals surface area contributed by atoms with Crippen LogP contribution in [0.1, 0.15) is 11.1 Å². The van der Waals surface area contributed by atoms with E-state index < -0.39 is 0 Å². The summed E-state index contributed by atoms with van der Waals surface area (Å²) in [6, 6.07) is 10.9. The van der Waals surface area contributed by atoms with E-state index in [4.69, 9.17) is 20.4 Å². The van der Waals surface area contributed by atoms with Gasteiger partial charge in [0.2, 0.25) is 0 Å². The number of amidine groups is 1. The Morgan fingerprint density at radius 3 is 2.57 bits per heavy atom. The van der Waals surface area contributed by atoms with Gasteiger partial charge in [-0.2, -0.15) is 0 Å². The normalized spacial score (nSPS) is 11.3. The van der Waals surface area contributed by atoms with Crippen molar-refractivity contribution in [3.05, 3.63) is 52.0 Å². The molecule has 0 heterocycles. The molecule has 0 saturated carbocycles. The van der Waals surface area contributed by atoms with Gasteiger partial charge in [-0.25, -0.2) is 0 Å². The molecule has 6 heteroatoms. The Morgan fingerprint density at radius 2 is 1.95 bits per heavy atom. The van der Waals surface area contributed by atoms with Gasteiger partial charge in [-0.3, -0.25) is 0 Å². The van der Waals surface area contributed by atoms with E-state index in [1.54, 1.807) is 25.3 Å². The maximum Gasteiger partial charge on any atom is 0.171 e. The predicted octanol–water partition coefficient (Wildman–Crippen LogP) is 3.65. The number of nitrogens with two attached hydrogens (primary N) is 1. The monoisotopic (exact) mass is 350 g/mol. The zero-order valence-electron chi connectivity index (χ0n) is 11.6. The molecule has 0 fully saturated rings. The van der Waals surface area contributed by atoms with E-state index in [9.17, 15) is 0 Å². The second-order valence-corrected chi connectivity index (χ2v) is 5.24. The van der Waals surface area contributed by atoms with Gasteiger partial charge in [-0.1, -0.05) is 11.2 Å². The SMILES string of the molecule is COc1cc(C)ccc1Oc1ccc(/C(N)=N/O)c(Br)c1. The van der Waals surface area contributed by atoms with Crippen LogP contribution in [0, 0.1) is 6.92 Å². The Bertz CT molecular complexity index is 687. The summed E-state index contributed by atoms with van der Waals surface area (Å²) in [5.74, 6) is 1.91. The van der Waals surface area contributed by atoms with Gasteiger partial charge >= 0.3 is 0 Å². The molecule has 0 aliphatic heterocycles. The molecule has 0 amide bonds. The summed E-state index contributed by atoms with van der Waals surface area (Å²) >= 11 is 3.37. The van der Waals surface area contributed by atoms with Gasteiger partial charge in [-0.15, -0.1) is 0 Å². The van der Waals surface area contributed by atoms with Crippen LogP contribution in [-0.2, 0) is 0 Å². The first-order valence-corrected chi connectivity index (χ1v) is 6.94. The maximum absolute atomic E-state index is 8.71. The molecule has 110 valence electrons. The van der Waals surface area contributed by atoms with Crippen molar-refractivity contribution in [1.29, 1.82) is 0 Å². The summed E-state index contributed by atoms with van der Waals surface area (Å²) in [6.45, 7) is 1.98. The second-order valence-electron chi connectivity index (χ2n) is 4.38. The molecular formula is C15H15BrN2O3. The molecule has 21 heavy (non-hydrogen) atoms. The lowest BCUT2D eigenvalue weighted by molar-refractivity contribution is 0.318. The maximum atomic E-state index is 8.71. The Balaban J connectivity index is 2.31. The molecule has 0 aromatic heterocycles. The Labute approximate surface area is 131 Å². The summed E-state index contributed by atoms with van der Waals surface area (Å²) < 4.78 is 11.8. The smallest absolute Gasteiger partial charge is 0.171 e. The molecule has 0 aliphatic rings. The summed E-state index contributed by atoms with van der Waals surface area (Å²) in [5.41, 5.74) is 7.24. The lowest BCUT2D eigenvalue weighted by Crippen LogP contribution is -2.13. The molecule has 0 atom stereocenters. The number of hydrogen-bond donors (Lipinski definition) is 2. The van der Waals surface area contributed by atoms with Crippen LogP contribution in [0.15, 0.2) is 46.0 Å². The van der Waals surface area contributed by atoms with Gasteiger partial charge in [0.1, 0.15) is 5.75 Å². The van der Waals surface area contributed by atoms with Crippen LogP contribution < -0.4 is 15.2 Å². The minimum absolute atomic E-state index is 0.0290. The molecule has 2 aromatic rings. The molecule has 0 spiro atoms. The number of hydrogen-bond acceptors (Lipinski definition) is 4. The minimum Gasteiger partial charge on any atom is -0.493 e. The molecule has 3 N–H and O–H groups in total. The summed E-state index contributed by atoms with van der Waals surface area (Å²) in [7, 11) is 1.60. The fraction of sp³-hybridized carbons (Fsp3) is 0.133. The van der Waals surface area contributed by atoms with Crippen LogP contribution in [0.2, 0.25) is 0 Å². The Morgan fingerprint density at radius 1 is 1.19 bits per heavy atom. The number of nitrogens with zero attached hydrogens (tertiary/aromatic N) is 1. The summed E-state index contributed by atoms with van der Waals surface area (Å²) in [4.78, 5) is 0. The quantitative estimate of drug-likeness (QED) is 0.382. The first-order valence-electron chi connectivity index (χ1n) is 6.15. The number of oxime groups is 1. The topological polar surface area (TPSA) is 77.1 Å². The minimum atomic E-state index is 0.0290. The fourth-order valence-electron chi connectivity index (χ4n) is 1.81. The summed E-state index contributed by atoms with van der Waals surface area (Å²) in [5, 5.41) is 11.7. The fourth-order valence-corrected chi connectivity index (χ4v) is 2.37. The van der Waals surface area contributed by atoms with Crippen LogP contribution in [0.3, 0.4) is 0 Å². The van der Waals surface area contributed by atoms with Crippen LogP contribution in [0.5, 0.6) is 17.2 Å². The van der Waals surface area contributed by atoms with Crippen molar-refractivity contribution in [3.8, 4) is 17.2 Å². The Kier molecular flexibility index (Phi) is 4.70. The van der Waals surface area contributed by atoms with Crippen LogP contribution in [0.4, 0.5) is 0 Å². The van der Waals surface area contributed by atoms with Gasteiger partial charge in [0, 0.05) is 10.0 Å². The van der Waals surface area contributed by atoms with E-state index in [0.29, 0.717) is 27.3 Å². The van der Waals surface area contributed by atoms with Crippen molar-refractivity contribution >= 4 is 21.8 Å². The van der Waals surface area contributed by atoms with E-state index in [-0.39, 0.29) is 5.84 Å². The molecule has 0 aliphatic carbocycles. The highest BCUT2D eigenvalue weighted by molar-refractivity contribution is 9.10. The standard InChI is InChI=1S/C15H15BrN2O3/c1-9-3-6-13(14(7-9)20-2)21-10-4-5-11(12(16)8-10)15(17)18-19/h3-8,19H,1-2H3,(H2,17,18). The Hall–Kier alpha value is -2.21.